The number of aromatic nitrogens is 3. The van der Waals surface area contributed by atoms with Gasteiger partial charge in [0.25, 0.3) is 0 Å². The van der Waals surface area contributed by atoms with Crippen LogP contribution in [0.4, 0.5) is 10.1 Å². The van der Waals surface area contributed by atoms with Gasteiger partial charge in [-0.2, -0.15) is 10.4 Å². The van der Waals surface area contributed by atoms with Crippen LogP contribution in [0.2, 0.25) is 0 Å². The smallest absolute Gasteiger partial charge is 0.242 e. The third-order valence-electron chi connectivity index (χ3n) is 3.98. The Balaban J connectivity index is 1.62. The maximum atomic E-state index is 14.2. The summed E-state index contributed by atoms with van der Waals surface area (Å²) < 4.78 is 15.6. The number of rotatable bonds is 4. The Morgan fingerprint density at radius 1 is 1.50 bits per heavy atom. The summed E-state index contributed by atoms with van der Waals surface area (Å²) in [5.74, 6) is -0.559. The van der Waals surface area contributed by atoms with Gasteiger partial charge in [-0.3, -0.25) is 4.79 Å². The zero-order chi connectivity index (χ0) is 16.9. The van der Waals surface area contributed by atoms with Crippen molar-refractivity contribution in [3.05, 3.63) is 42.2 Å². The molecule has 1 aromatic heterocycles. The van der Waals surface area contributed by atoms with Crippen molar-refractivity contribution in [2.24, 2.45) is 0 Å². The first-order chi connectivity index (χ1) is 11.7. The van der Waals surface area contributed by atoms with Gasteiger partial charge in [0.05, 0.1) is 17.3 Å². The monoisotopic (exact) mass is 328 g/mol. The Kier molecular flexibility index (Phi) is 4.70. The molecule has 124 valence electrons. The number of piperidine rings is 1. The van der Waals surface area contributed by atoms with Gasteiger partial charge >= 0.3 is 0 Å². The van der Waals surface area contributed by atoms with Gasteiger partial charge < -0.3 is 10.2 Å². The SMILES string of the molecule is N#Cc1ccc(N2CCCC(NC(=O)Cn3cncn3)C2)c(F)c1. The quantitative estimate of drug-likeness (QED) is 0.907. The van der Waals surface area contributed by atoms with Gasteiger partial charge in [-0.15, -0.1) is 0 Å². The van der Waals surface area contributed by atoms with Crippen LogP contribution >= 0.6 is 0 Å². The molecule has 0 radical (unpaired) electrons. The van der Waals surface area contributed by atoms with Gasteiger partial charge in [0.15, 0.2) is 0 Å². The minimum absolute atomic E-state index is 0.0511. The van der Waals surface area contributed by atoms with E-state index in [-0.39, 0.29) is 18.5 Å². The molecule has 0 aliphatic carbocycles. The number of hydrogen-bond donors (Lipinski definition) is 1. The number of nitriles is 1. The van der Waals surface area contributed by atoms with Crippen LogP contribution in [0.25, 0.3) is 0 Å². The van der Waals surface area contributed by atoms with Crippen LogP contribution in [0, 0.1) is 17.1 Å². The molecule has 1 N–H and O–H groups in total. The zero-order valence-electron chi connectivity index (χ0n) is 13.0. The van der Waals surface area contributed by atoms with E-state index in [9.17, 15) is 9.18 Å². The predicted molar refractivity (Wildman–Crippen MR) is 84.5 cm³/mol. The molecule has 2 heterocycles. The van der Waals surface area contributed by atoms with Gasteiger partial charge in [-0.1, -0.05) is 0 Å². The van der Waals surface area contributed by atoms with Crippen molar-refractivity contribution in [2.75, 3.05) is 18.0 Å². The first-order valence-corrected chi connectivity index (χ1v) is 7.72. The van der Waals surface area contributed by atoms with Gasteiger partial charge in [0, 0.05) is 19.1 Å². The fourth-order valence-electron chi connectivity index (χ4n) is 2.88. The van der Waals surface area contributed by atoms with Gasteiger partial charge in [-0.05, 0) is 31.0 Å². The van der Waals surface area contributed by atoms with E-state index in [1.165, 1.54) is 23.4 Å². The van der Waals surface area contributed by atoms with Crippen LogP contribution in [0.15, 0.2) is 30.9 Å². The molecule has 0 bridgehead atoms. The van der Waals surface area contributed by atoms with Crippen molar-refractivity contribution in [3.8, 4) is 6.07 Å². The Hall–Kier alpha value is -2.95. The fourth-order valence-corrected chi connectivity index (χ4v) is 2.88. The highest BCUT2D eigenvalue weighted by atomic mass is 19.1. The molecule has 1 saturated heterocycles. The van der Waals surface area contributed by atoms with Crippen molar-refractivity contribution < 1.29 is 9.18 Å². The van der Waals surface area contributed by atoms with E-state index in [4.69, 9.17) is 5.26 Å². The molecule has 7 nitrogen and oxygen atoms in total. The van der Waals surface area contributed by atoms with E-state index in [0.29, 0.717) is 17.8 Å². The normalized spacial score (nSPS) is 17.3. The lowest BCUT2D eigenvalue weighted by molar-refractivity contribution is -0.122. The van der Waals surface area contributed by atoms with E-state index < -0.39 is 5.82 Å². The predicted octanol–water partition coefficient (Wildman–Crippen LogP) is 1.07. The number of nitrogens with one attached hydrogen (secondary N) is 1. The van der Waals surface area contributed by atoms with Gasteiger partial charge in [0.2, 0.25) is 5.91 Å². The number of amides is 1. The summed E-state index contributed by atoms with van der Waals surface area (Å²) in [6.45, 7) is 1.37. The highest BCUT2D eigenvalue weighted by Crippen LogP contribution is 2.24. The number of benzene rings is 1. The average molecular weight is 328 g/mol. The summed E-state index contributed by atoms with van der Waals surface area (Å²) in [5, 5.41) is 15.7. The third-order valence-corrected chi connectivity index (χ3v) is 3.98. The minimum Gasteiger partial charge on any atom is -0.367 e. The molecule has 1 unspecified atom stereocenters. The Morgan fingerprint density at radius 3 is 3.08 bits per heavy atom. The van der Waals surface area contributed by atoms with Gasteiger partial charge in [0.1, 0.15) is 25.0 Å². The van der Waals surface area contributed by atoms with E-state index in [2.05, 4.69) is 15.4 Å². The van der Waals surface area contributed by atoms with Crippen LogP contribution in [-0.2, 0) is 11.3 Å². The molecule has 1 aliphatic rings. The Bertz CT molecular complexity index is 754. The lowest BCUT2D eigenvalue weighted by Crippen LogP contribution is -2.48. The molecule has 2 aromatic rings. The van der Waals surface area contributed by atoms with Crippen LogP contribution < -0.4 is 10.2 Å². The second-order valence-electron chi connectivity index (χ2n) is 5.72. The lowest BCUT2D eigenvalue weighted by Gasteiger charge is -2.35. The molecule has 1 aliphatic heterocycles. The van der Waals surface area contributed by atoms with Crippen molar-refractivity contribution in [1.29, 1.82) is 5.26 Å². The number of nitrogens with zero attached hydrogens (tertiary/aromatic N) is 5. The van der Waals surface area contributed by atoms with E-state index in [1.807, 2.05) is 11.0 Å². The topological polar surface area (TPSA) is 86.8 Å². The number of halogens is 1. The standard InChI is InChI=1S/C16H17FN6O/c17-14-6-12(7-18)3-4-15(14)22-5-1-2-13(8-22)21-16(24)9-23-11-19-10-20-23/h3-4,6,10-11,13H,1-2,5,8-9H2,(H,21,24). The molecular weight excluding hydrogens is 311 g/mol. The number of anilines is 1. The largest absolute Gasteiger partial charge is 0.367 e. The Morgan fingerprint density at radius 2 is 2.38 bits per heavy atom. The zero-order valence-corrected chi connectivity index (χ0v) is 13.0. The summed E-state index contributed by atoms with van der Waals surface area (Å²) in [6, 6.07) is 6.33. The summed E-state index contributed by atoms with van der Waals surface area (Å²) >= 11 is 0. The molecule has 1 fully saturated rings. The van der Waals surface area contributed by atoms with Crippen LogP contribution in [0.5, 0.6) is 0 Å². The summed E-state index contributed by atoms with van der Waals surface area (Å²) in [5.41, 5.74) is 0.759. The van der Waals surface area contributed by atoms with Crippen molar-refractivity contribution in [1.82, 2.24) is 20.1 Å². The second-order valence-corrected chi connectivity index (χ2v) is 5.72. The lowest BCUT2D eigenvalue weighted by atomic mass is 10.0. The van der Waals surface area contributed by atoms with E-state index in [1.54, 1.807) is 12.1 Å². The van der Waals surface area contributed by atoms with Crippen LogP contribution in [0.1, 0.15) is 18.4 Å². The molecule has 1 atom stereocenters. The summed E-state index contributed by atoms with van der Waals surface area (Å²) in [6.07, 6.45) is 4.56. The molecule has 24 heavy (non-hydrogen) atoms. The van der Waals surface area contributed by atoms with Crippen molar-refractivity contribution in [2.45, 2.75) is 25.4 Å². The van der Waals surface area contributed by atoms with Crippen molar-refractivity contribution >= 4 is 11.6 Å². The number of carbonyl (C=O) groups is 1. The molecule has 0 spiro atoms. The first-order valence-electron chi connectivity index (χ1n) is 7.72. The molecule has 8 heteroatoms. The Labute approximate surface area is 138 Å². The summed E-state index contributed by atoms with van der Waals surface area (Å²) in [7, 11) is 0. The van der Waals surface area contributed by atoms with E-state index in [0.717, 1.165) is 19.4 Å². The fraction of sp³-hybridized carbons (Fsp3) is 0.375. The second kappa shape index (κ2) is 7.08. The number of hydrogen-bond acceptors (Lipinski definition) is 5. The maximum Gasteiger partial charge on any atom is 0.242 e. The van der Waals surface area contributed by atoms with E-state index >= 15 is 0 Å². The highest BCUT2D eigenvalue weighted by Gasteiger charge is 2.23. The minimum atomic E-state index is -0.413. The maximum absolute atomic E-state index is 14.2. The van der Waals surface area contributed by atoms with Crippen LogP contribution in [0.3, 0.4) is 0 Å². The first kappa shape index (κ1) is 15.9. The summed E-state index contributed by atoms with van der Waals surface area (Å²) in [4.78, 5) is 17.7. The molecular formula is C16H17FN6O. The van der Waals surface area contributed by atoms with Crippen molar-refractivity contribution in [3.63, 3.8) is 0 Å². The van der Waals surface area contributed by atoms with Gasteiger partial charge in [-0.25, -0.2) is 14.1 Å². The average Bonchev–Trinajstić information content (AvgIpc) is 3.07. The van der Waals surface area contributed by atoms with Crippen LogP contribution in [-0.4, -0.2) is 39.8 Å². The molecule has 1 aromatic carbocycles. The molecule has 3 rings (SSSR count). The highest BCUT2D eigenvalue weighted by molar-refractivity contribution is 5.76. The molecule has 1 amide bonds. The third kappa shape index (κ3) is 3.68. The molecule has 0 saturated carbocycles. The number of carbonyl (C=O) groups excluding carboxylic acids is 1.